The van der Waals surface area contributed by atoms with Gasteiger partial charge >= 0.3 is 0 Å². The van der Waals surface area contributed by atoms with Gasteiger partial charge in [0.2, 0.25) is 0 Å². The lowest BCUT2D eigenvalue weighted by Gasteiger charge is -2.19. The molecule has 0 unspecified atom stereocenters. The second-order valence-electron chi connectivity index (χ2n) is 6.86. The van der Waals surface area contributed by atoms with Crippen LogP contribution in [0.5, 0.6) is 5.75 Å². The van der Waals surface area contributed by atoms with E-state index in [0.717, 1.165) is 44.1 Å². The number of benzene rings is 1. The highest BCUT2D eigenvalue weighted by Crippen LogP contribution is 2.32. The molecule has 0 spiro atoms. The molecule has 4 heteroatoms. The monoisotopic (exact) mass is 313 g/mol. The zero-order chi connectivity index (χ0) is 16.2. The third-order valence-corrected chi connectivity index (χ3v) is 4.31. The van der Waals surface area contributed by atoms with Gasteiger partial charge in [0.15, 0.2) is 0 Å². The summed E-state index contributed by atoms with van der Waals surface area (Å²) in [6, 6.07) is 6.85. The van der Waals surface area contributed by atoms with Crippen molar-refractivity contribution in [3.63, 3.8) is 0 Å². The minimum absolute atomic E-state index is 0.331. The molecule has 0 fully saturated rings. The molecular formula is C19H27N3O. The maximum atomic E-state index is 5.91. The normalized spacial score (nSPS) is 17.7. The number of ether oxygens (including phenoxy) is 1. The van der Waals surface area contributed by atoms with Crippen LogP contribution < -0.4 is 10.1 Å². The molecule has 0 amide bonds. The van der Waals surface area contributed by atoms with Crippen molar-refractivity contribution in [2.75, 3.05) is 6.61 Å². The Hall–Kier alpha value is -1.81. The topological polar surface area (TPSA) is 39.1 Å². The molecule has 0 saturated heterocycles. The predicted molar refractivity (Wildman–Crippen MR) is 92.6 cm³/mol. The summed E-state index contributed by atoms with van der Waals surface area (Å²) in [5.41, 5.74) is 2.52. The second-order valence-corrected chi connectivity index (χ2v) is 6.86. The van der Waals surface area contributed by atoms with E-state index in [1.807, 2.05) is 6.20 Å². The van der Waals surface area contributed by atoms with Gasteiger partial charge in [-0.2, -0.15) is 0 Å². The van der Waals surface area contributed by atoms with E-state index < -0.39 is 0 Å². The fourth-order valence-electron chi connectivity index (χ4n) is 3.17. The average molecular weight is 313 g/mol. The first-order valence-corrected chi connectivity index (χ1v) is 8.60. The van der Waals surface area contributed by atoms with Crippen molar-refractivity contribution in [1.82, 2.24) is 14.9 Å². The molecule has 1 N–H and O–H groups in total. The molecule has 1 aromatic carbocycles. The molecule has 0 saturated carbocycles. The maximum Gasteiger partial charge on any atom is 0.124 e. The van der Waals surface area contributed by atoms with Gasteiger partial charge in [-0.1, -0.05) is 26.0 Å². The van der Waals surface area contributed by atoms with Gasteiger partial charge in [0.25, 0.3) is 0 Å². The molecule has 1 aliphatic rings. The van der Waals surface area contributed by atoms with Crippen molar-refractivity contribution >= 4 is 0 Å². The van der Waals surface area contributed by atoms with Crippen molar-refractivity contribution in [3.05, 3.63) is 47.5 Å². The van der Waals surface area contributed by atoms with Crippen LogP contribution in [0.2, 0.25) is 0 Å². The van der Waals surface area contributed by atoms with Gasteiger partial charge in [-0.3, -0.25) is 0 Å². The molecule has 124 valence electrons. The summed E-state index contributed by atoms with van der Waals surface area (Å²) in [4.78, 5) is 4.52. The first kappa shape index (κ1) is 16.1. The molecule has 0 aliphatic carbocycles. The highest BCUT2D eigenvalue weighted by atomic mass is 16.5. The lowest BCUT2D eigenvalue weighted by molar-refractivity contribution is 0.315. The first-order valence-electron chi connectivity index (χ1n) is 8.60. The van der Waals surface area contributed by atoms with Crippen LogP contribution in [0.25, 0.3) is 0 Å². The number of aromatic nitrogens is 2. The smallest absolute Gasteiger partial charge is 0.124 e. The fourth-order valence-corrected chi connectivity index (χ4v) is 3.17. The van der Waals surface area contributed by atoms with Crippen LogP contribution in [-0.2, 0) is 13.1 Å². The van der Waals surface area contributed by atoms with E-state index in [-0.39, 0.29) is 0 Å². The number of imidazole rings is 1. The average Bonchev–Trinajstić information content (AvgIpc) is 2.83. The van der Waals surface area contributed by atoms with Crippen LogP contribution in [0, 0.1) is 12.8 Å². The lowest BCUT2D eigenvalue weighted by atomic mass is 10.0. The predicted octanol–water partition coefficient (Wildman–Crippen LogP) is 3.85. The highest BCUT2D eigenvalue weighted by Gasteiger charge is 2.20. The van der Waals surface area contributed by atoms with E-state index in [4.69, 9.17) is 4.74 Å². The summed E-state index contributed by atoms with van der Waals surface area (Å²) in [6.07, 6.45) is 6.14. The van der Waals surface area contributed by atoms with Gasteiger partial charge in [-0.05, 0) is 37.3 Å². The number of hydrogen-bond acceptors (Lipinski definition) is 3. The number of fused-ring (bicyclic) bond motifs is 1. The summed E-state index contributed by atoms with van der Waals surface area (Å²) >= 11 is 0. The number of nitrogens with one attached hydrogen (secondary N) is 1. The zero-order valence-corrected chi connectivity index (χ0v) is 14.4. The summed E-state index contributed by atoms with van der Waals surface area (Å²) in [5, 5.41) is 3.69. The fraction of sp³-hybridized carbons (Fsp3) is 0.526. The third-order valence-electron chi connectivity index (χ3n) is 4.31. The molecule has 3 rings (SSSR count). The highest BCUT2D eigenvalue weighted by molar-refractivity contribution is 5.39. The molecule has 2 heterocycles. The van der Waals surface area contributed by atoms with E-state index in [1.165, 1.54) is 11.1 Å². The number of hydrogen-bond donors (Lipinski definition) is 1. The molecule has 0 bridgehead atoms. The summed E-state index contributed by atoms with van der Waals surface area (Å²) in [6.45, 7) is 9.19. The van der Waals surface area contributed by atoms with Crippen molar-refractivity contribution in [2.45, 2.75) is 52.7 Å². The van der Waals surface area contributed by atoms with Crippen LogP contribution >= 0.6 is 0 Å². The van der Waals surface area contributed by atoms with Gasteiger partial charge in [0, 0.05) is 30.5 Å². The quantitative estimate of drug-likeness (QED) is 0.911. The second kappa shape index (κ2) is 7.18. The minimum atomic E-state index is 0.331. The SMILES string of the molecule is Cc1ccc2c(c1)OCCC[C@H]2NCc1nccn1CC(C)C. The number of rotatable bonds is 5. The number of nitrogens with zero attached hydrogens (tertiary/aromatic N) is 2. The van der Waals surface area contributed by atoms with E-state index >= 15 is 0 Å². The standard InChI is InChI=1S/C19H27N3O/c1-14(2)13-22-9-8-20-19(22)12-21-17-5-4-10-23-18-11-15(3)6-7-16(17)18/h6-9,11,14,17,21H,4-5,10,12-13H2,1-3H3/t17-/m1/s1. The summed E-state index contributed by atoms with van der Waals surface area (Å²) in [7, 11) is 0. The lowest BCUT2D eigenvalue weighted by Crippen LogP contribution is -2.23. The molecular weight excluding hydrogens is 286 g/mol. The molecule has 0 radical (unpaired) electrons. The molecule has 4 nitrogen and oxygen atoms in total. The van der Waals surface area contributed by atoms with Crippen molar-refractivity contribution in [3.8, 4) is 5.75 Å². The summed E-state index contributed by atoms with van der Waals surface area (Å²) in [5.74, 6) is 2.76. The molecule has 1 aliphatic heterocycles. The van der Waals surface area contributed by atoms with Crippen LogP contribution in [-0.4, -0.2) is 16.2 Å². The molecule has 1 atom stereocenters. The Labute approximate surface area is 138 Å². The van der Waals surface area contributed by atoms with Crippen LogP contribution in [0.4, 0.5) is 0 Å². The van der Waals surface area contributed by atoms with Gasteiger partial charge in [0.05, 0.1) is 13.2 Å². The van der Waals surface area contributed by atoms with Crippen LogP contribution in [0.15, 0.2) is 30.6 Å². The third kappa shape index (κ3) is 3.94. The first-order chi connectivity index (χ1) is 11.1. The Morgan fingerprint density at radius 1 is 1.39 bits per heavy atom. The van der Waals surface area contributed by atoms with Crippen molar-refractivity contribution in [1.29, 1.82) is 0 Å². The zero-order valence-electron chi connectivity index (χ0n) is 14.4. The Kier molecular flexibility index (Phi) is 5.01. The van der Waals surface area contributed by atoms with E-state index in [1.54, 1.807) is 0 Å². The van der Waals surface area contributed by atoms with Gasteiger partial charge in [0.1, 0.15) is 11.6 Å². The van der Waals surface area contributed by atoms with Gasteiger partial charge < -0.3 is 14.6 Å². The Morgan fingerprint density at radius 3 is 3.09 bits per heavy atom. The maximum absolute atomic E-state index is 5.91. The van der Waals surface area contributed by atoms with Crippen LogP contribution in [0.3, 0.4) is 0 Å². The summed E-state index contributed by atoms with van der Waals surface area (Å²) < 4.78 is 8.16. The largest absolute Gasteiger partial charge is 0.493 e. The Morgan fingerprint density at radius 2 is 2.26 bits per heavy atom. The van der Waals surface area contributed by atoms with E-state index in [0.29, 0.717) is 12.0 Å². The van der Waals surface area contributed by atoms with Crippen molar-refractivity contribution < 1.29 is 4.74 Å². The minimum Gasteiger partial charge on any atom is -0.493 e. The number of aryl methyl sites for hydroxylation is 1. The van der Waals surface area contributed by atoms with Crippen molar-refractivity contribution in [2.24, 2.45) is 5.92 Å². The van der Waals surface area contributed by atoms with E-state index in [2.05, 4.69) is 60.0 Å². The van der Waals surface area contributed by atoms with Crippen LogP contribution in [0.1, 0.15) is 49.7 Å². The van der Waals surface area contributed by atoms with E-state index in [9.17, 15) is 0 Å². The molecule has 23 heavy (non-hydrogen) atoms. The molecule has 1 aromatic heterocycles. The van der Waals surface area contributed by atoms with Gasteiger partial charge in [-0.15, -0.1) is 0 Å². The Bertz CT molecular complexity index is 648. The molecule has 2 aromatic rings. The Balaban J connectivity index is 1.72. The van der Waals surface area contributed by atoms with Gasteiger partial charge in [-0.25, -0.2) is 4.98 Å².